The van der Waals surface area contributed by atoms with Crippen LogP contribution in [0.5, 0.6) is 0 Å². The van der Waals surface area contributed by atoms with Crippen LogP contribution < -0.4 is 0 Å². The lowest BCUT2D eigenvalue weighted by Crippen LogP contribution is -2.77. The zero-order valence-corrected chi connectivity index (χ0v) is 21.8. The summed E-state index contributed by atoms with van der Waals surface area (Å²) in [4.78, 5) is 0. The average molecular weight is 860 g/mol. The van der Waals surface area contributed by atoms with Crippen molar-refractivity contribution in [1.82, 2.24) is 0 Å². The van der Waals surface area contributed by atoms with Crippen molar-refractivity contribution in [3.8, 4) is 0 Å². The fourth-order valence-electron chi connectivity index (χ4n) is 3.67. The van der Waals surface area contributed by atoms with E-state index in [-0.39, 0.29) is 0 Å². The van der Waals surface area contributed by atoms with Crippen LogP contribution in [0.25, 0.3) is 0 Å². The Morgan fingerprint density at radius 1 is 0.327 bits per heavy atom. The summed E-state index contributed by atoms with van der Waals surface area (Å²) in [5.74, 6) is -40.2. The predicted octanol–water partition coefficient (Wildman–Crippen LogP) is 10.5. The molecule has 0 aromatic carbocycles. The summed E-state index contributed by atoms with van der Waals surface area (Å²) in [6.45, 7) is 0. The molecule has 0 unspecified atom stereocenters. The molecule has 0 heterocycles. The molecular formula is C17F32O3. The van der Waals surface area contributed by atoms with Crippen LogP contribution >= 0.6 is 0 Å². The van der Waals surface area contributed by atoms with Gasteiger partial charge < -0.3 is 14.2 Å². The molecule has 1 aliphatic carbocycles. The Hall–Kier alpha value is -2.78. The highest BCUT2D eigenvalue weighted by Gasteiger charge is 2.98. The first-order chi connectivity index (χ1) is 21.9. The van der Waals surface area contributed by atoms with E-state index < -0.39 is 102 Å². The van der Waals surface area contributed by atoms with Crippen molar-refractivity contribution in [2.75, 3.05) is 0 Å². The van der Waals surface area contributed by atoms with Gasteiger partial charge in [0.2, 0.25) is 11.6 Å². The van der Waals surface area contributed by atoms with Crippen molar-refractivity contribution in [3.63, 3.8) is 0 Å². The van der Waals surface area contributed by atoms with Crippen LogP contribution in [0.15, 0.2) is 11.6 Å². The smallest absolute Gasteiger partial charge is 0.447 e. The first-order valence-corrected chi connectivity index (χ1v) is 10.8. The molecule has 0 spiro atoms. The molecule has 52 heavy (non-hydrogen) atoms. The molecule has 0 aliphatic heterocycles. The van der Waals surface area contributed by atoms with Crippen molar-refractivity contribution in [1.29, 1.82) is 0 Å². The van der Waals surface area contributed by atoms with E-state index in [2.05, 4.69) is 0 Å². The Kier molecular flexibility index (Phi) is 10.6. The summed E-state index contributed by atoms with van der Waals surface area (Å²) >= 11 is 0. The highest BCUT2D eigenvalue weighted by molar-refractivity contribution is 5.37. The fourth-order valence-corrected chi connectivity index (χ4v) is 3.67. The summed E-state index contributed by atoms with van der Waals surface area (Å²) < 4.78 is 438. The molecule has 0 amide bonds. The molecule has 0 fully saturated rings. The third-order valence-corrected chi connectivity index (χ3v) is 6.02. The Balaban J connectivity index is 5.10. The predicted molar refractivity (Wildman–Crippen MR) is 86.7 cm³/mol. The van der Waals surface area contributed by atoms with Gasteiger partial charge in [-0.3, -0.25) is 0 Å². The van der Waals surface area contributed by atoms with Gasteiger partial charge in [-0.2, -0.15) is 136 Å². The molecule has 0 saturated heterocycles. The summed E-state index contributed by atoms with van der Waals surface area (Å²) in [5.41, 5.74) is -27.9. The minimum absolute atomic E-state index is 1.20. The van der Waals surface area contributed by atoms with E-state index in [1.54, 1.807) is 0 Å². The van der Waals surface area contributed by atoms with Gasteiger partial charge in [0.1, 0.15) is 0 Å². The molecule has 35 heteroatoms. The second kappa shape index (κ2) is 11.6. The molecule has 0 aromatic rings. The number of halogens is 32. The maximum absolute atomic E-state index is 15.2. The van der Waals surface area contributed by atoms with Crippen LogP contribution in [0.2, 0.25) is 0 Å². The van der Waals surface area contributed by atoms with Crippen molar-refractivity contribution >= 4 is 0 Å². The lowest BCUT2D eigenvalue weighted by Gasteiger charge is -2.49. The van der Waals surface area contributed by atoms with Gasteiger partial charge in [-0.15, -0.1) is 0 Å². The third kappa shape index (κ3) is 6.04. The van der Waals surface area contributed by atoms with E-state index in [4.69, 9.17) is 0 Å². The number of hydrogen-bond donors (Lipinski definition) is 0. The highest BCUT2D eigenvalue weighted by atomic mass is 19.5. The lowest BCUT2D eigenvalue weighted by atomic mass is 9.96. The number of alkyl halides is 31. The number of rotatable bonds is 6. The Labute approximate surface area is 258 Å². The molecule has 310 valence electrons. The van der Waals surface area contributed by atoms with Gasteiger partial charge in [-0.05, 0) is 0 Å². The number of allylic oxidation sites excluding steroid dienone is 1. The topological polar surface area (TPSA) is 27.7 Å². The van der Waals surface area contributed by atoms with Crippen molar-refractivity contribution in [2.45, 2.75) is 90.0 Å². The molecule has 3 nitrogen and oxygen atoms in total. The van der Waals surface area contributed by atoms with Gasteiger partial charge in [0.25, 0.3) is 0 Å². The van der Waals surface area contributed by atoms with Gasteiger partial charge in [0.05, 0.1) is 0 Å². The third-order valence-electron chi connectivity index (χ3n) is 6.02. The molecular weight excluding hydrogens is 860 g/mol. The number of hydrogen-bond acceptors (Lipinski definition) is 3. The minimum Gasteiger partial charge on any atom is -0.457 e. The van der Waals surface area contributed by atoms with Gasteiger partial charge in [-0.25, -0.2) is 4.39 Å². The minimum atomic E-state index is -9.48. The Morgan fingerprint density at radius 3 is 0.692 bits per heavy atom. The SMILES string of the molecule is FC1=C(OC(C(F)(F)F)(C(F)(F)F)C(F)(F)F)C(F)(F)C(F)(F)C1(OC(C(F)(F)F)(C(F)(F)F)C(F)(F)F)OC(C(F)(F)F)(C(F)(F)F)C(F)(F)F. The summed E-state index contributed by atoms with van der Waals surface area (Å²) in [6, 6.07) is 0. The van der Waals surface area contributed by atoms with Crippen LogP contribution in [-0.4, -0.2) is 90.0 Å². The Morgan fingerprint density at radius 2 is 0.519 bits per heavy atom. The summed E-state index contributed by atoms with van der Waals surface area (Å²) in [6.07, 6.45) is -81.3. The second-order valence-corrected chi connectivity index (χ2v) is 9.24. The van der Waals surface area contributed by atoms with Gasteiger partial charge in [-0.1, -0.05) is 0 Å². The van der Waals surface area contributed by atoms with E-state index >= 15 is 4.39 Å². The average Bonchev–Trinajstić information content (AvgIpc) is 2.85. The van der Waals surface area contributed by atoms with E-state index in [9.17, 15) is 136 Å². The number of ether oxygens (including phenoxy) is 3. The molecule has 0 bridgehead atoms. The largest absolute Gasteiger partial charge is 0.457 e. The Bertz CT molecular complexity index is 1190. The first kappa shape index (κ1) is 47.2. The molecule has 0 saturated carbocycles. The van der Waals surface area contributed by atoms with E-state index in [0.29, 0.717) is 0 Å². The maximum Gasteiger partial charge on any atom is 0.447 e. The van der Waals surface area contributed by atoms with Gasteiger partial charge in [0, 0.05) is 0 Å². The van der Waals surface area contributed by atoms with Crippen molar-refractivity contribution in [2.24, 2.45) is 0 Å². The van der Waals surface area contributed by atoms with Gasteiger partial charge in [0.15, 0.2) is 0 Å². The summed E-state index contributed by atoms with van der Waals surface area (Å²) in [7, 11) is 0. The molecule has 0 radical (unpaired) electrons. The maximum atomic E-state index is 15.2. The zero-order valence-electron chi connectivity index (χ0n) is 21.8. The van der Waals surface area contributed by atoms with Crippen molar-refractivity contribution in [3.05, 3.63) is 11.6 Å². The van der Waals surface area contributed by atoms with Gasteiger partial charge >= 0.3 is 90.0 Å². The highest BCUT2D eigenvalue weighted by Crippen LogP contribution is 2.70. The van der Waals surface area contributed by atoms with E-state index in [0.717, 1.165) is 0 Å². The zero-order chi connectivity index (χ0) is 42.8. The molecule has 0 aromatic heterocycles. The van der Waals surface area contributed by atoms with Crippen LogP contribution in [0, 0.1) is 0 Å². The molecule has 0 N–H and O–H groups in total. The van der Waals surface area contributed by atoms with Crippen LogP contribution in [0.3, 0.4) is 0 Å². The molecule has 0 atom stereocenters. The monoisotopic (exact) mass is 860 g/mol. The fraction of sp³-hybridized carbons (Fsp3) is 0.882. The van der Waals surface area contributed by atoms with E-state index in [1.807, 2.05) is 0 Å². The van der Waals surface area contributed by atoms with E-state index in [1.165, 1.54) is 14.2 Å². The quantitative estimate of drug-likeness (QED) is 0.197. The molecule has 1 aliphatic rings. The van der Waals surface area contributed by atoms with Crippen LogP contribution in [0.4, 0.5) is 140 Å². The van der Waals surface area contributed by atoms with Crippen molar-refractivity contribution < 1.29 is 155 Å². The second-order valence-electron chi connectivity index (χ2n) is 9.24. The molecule has 1 rings (SSSR count). The first-order valence-electron chi connectivity index (χ1n) is 10.8. The van der Waals surface area contributed by atoms with Crippen LogP contribution in [-0.2, 0) is 14.2 Å². The lowest BCUT2D eigenvalue weighted by molar-refractivity contribution is -0.552. The van der Waals surface area contributed by atoms with Crippen LogP contribution in [0.1, 0.15) is 0 Å². The normalized spacial score (nSPS) is 20.5. The summed E-state index contributed by atoms with van der Waals surface area (Å²) in [5, 5.41) is 0. The standard InChI is InChI=1S/C17F32O3/c18-1-2(50-5(9(23,24)25,10(26,27)28)11(29,30)31)3(19,20)8(21,22)4(1,51-6(12(32,33)34,13(35,36)37)14(38,39)40)52-7(15(41,42)43,16(44,45)46)17(47,48)49.